The highest BCUT2D eigenvalue weighted by Crippen LogP contribution is 2.18. The van der Waals surface area contributed by atoms with Crippen molar-refractivity contribution in [3.63, 3.8) is 0 Å². The molecule has 116 valence electrons. The number of ether oxygens (including phenoxy) is 2. The van der Waals surface area contributed by atoms with E-state index in [0.717, 1.165) is 22.4 Å². The summed E-state index contributed by atoms with van der Waals surface area (Å²) in [7, 11) is 0. The van der Waals surface area contributed by atoms with Crippen LogP contribution in [-0.2, 0) is 0 Å². The molecule has 0 aliphatic carbocycles. The lowest BCUT2D eigenvalue weighted by molar-refractivity contribution is 0.339. The summed E-state index contributed by atoms with van der Waals surface area (Å²) in [5.74, 6) is 2.49. The van der Waals surface area contributed by atoms with E-state index in [-0.39, 0.29) is 0 Å². The molecule has 0 saturated carbocycles. The summed E-state index contributed by atoms with van der Waals surface area (Å²) < 4.78 is 11.3. The van der Waals surface area contributed by atoms with Gasteiger partial charge in [-0.2, -0.15) is 0 Å². The number of aromatic nitrogens is 2. The van der Waals surface area contributed by atoms with Crippen LogP contribution in [0.25, 0.3) is 0 Å². The number of hydrogen-bond donors (Lipinski definition) is 0. The smallest absolute Gasteiger partial charge is 0.187 e. The fourth-order valence-electron chi connectivity index (χ4n) is 1.59. The highest BCUT2D eigenvalue weighted by atomic mass is 32.2. The largest absolute Gasteiger partial charge is 0.493 e. The van der Waals surface area contributed by atoms with E-state index in [1.54, 1.807) is 24.2 Å². The van der Waals surface area contributed by atoms with Crippen molar-refractivity contribution in [2.24, 2.45) is 0 Å². The highest BCUT2D eigenvalue weighted by molar-refractivity contribution is 7.99. The Labute approximate surface area is 135 Å². The van der Waals surface area contributed by atoms with Gasteiger partial charge in [0.1, 0.15) is 18.1 Å². The monoisotopic (exact) mass is 316 g/mol. The van der Waals surface area contributed by atoms with E-state index in [4.69, 9.17) is 9.47 Å². The second-order valence-corrected chi connectivity index (χ2v) is 5.85. The van der Waals surface area contributed by atoms with Crippen LogP contribution in [0, 0.1) is 0 Å². The Morgan fingerprint density at radius 1 is 1.05 bits per heavy atom. The van der Waals surface area contributed by atoms with Gasteiger partial charge in [-0.05, 0) is 50.3 Å². The number of nitrogens with zero attached hydrogens (tertiary/aromatic N) is 2. The Bertz CT molecular complexity index is 581. The van der Waals surface area contributed by atoms with Crippen LogP contribution in [0.1, 0.15) is 13.8 Å². The van der Waals surface area contributed by atoms with Crippen LogP contribution < -0.4 is 9.47 Å². The van der Waals surface area contributed by atoms with Crippen molar-refractivity contribution >= 4 is 11.8 Å². The topological polar surface area (TPSA) is 44.2 Å². The molecule has 0 radical (unpaired) electrons. The van der Waals surface area contributed by atoms with Crippen molar-refractivity contribution < 1.29 is 9.47 Å². The number of thioether (sulfide) groups is 1. The Kier molecular flexibility index (Phi) is 6.77. The first-order valence-corrected chi connectivity index (χ1v) is 8.11. The molecule has 2 rings (SSSR count). The number of allylic oxidation sites excluding steroid dienone is 1. The summed E-state index contributed by atoms with van der Waals surface area (Å²) in [6.45, 7) is 5.31. The predicted molar refractivity (Wildman–Crippen MR) is 89.6 cm³/mol. The number of rotatable bonds is 8. The van der Waals surface area contributed by atoms with Crippen LogP contribution in [0.4, 0.5) is 0 Å². The molecule has 0 amide bonds. The van der Waals surface area contributed by atoms with Gasteiger partial charge in [-0.3, -0.25) is 0 Å². The molecule has 0 unspecified atom stereocenters. The maximum absolute atomic E-state index is 5.68. The summed E-state index contributed by atoms with van der Waals surface area (Å²) >= 11 is 1.58. The lowest BCUT2D eigenvalue weighted by Gasteiger charge is -2.07. The molecule has 2 aromatic rings. The van der Waals surface area contributed by atoms with Crippen molar-refractivity contribution in [1.29, 1.82) is 0 Å². The lowest BCUT2D eigenvalue weighted by atomic mass is 10.3. The van der Waals surface area contributed by atoms with E-state index in [1.807, 2.05) is 36.4 Å². The molecule has 0 spiro atoms. The first-order valence-electron chi connectivity index (χ1n) is 7.13. The predicted octanol–water partition coefficient (Wildman–Crippen LogP) is 3.99. The van der Waals surface area contributed by atoms with E-state index in [0.29, 0.717) is 13.2 Å². The van der Waals surface area contributed by atoms with Gasteiger partial charge in [0, 0.05) is 18.1 Å². The maximum Gasteiger partial charge on any atom is 0.187 e. The van der Waals surface area contributed by atoms with Crippen LogP contribution in [-0.4, -0.2) is 28.9 Å². The highest BCUT2D eigenvalue weighted by Gasteiger charge is 1.98. The zero-order valence-corrected chi connectivity index (χ0v) is 13.7. The Balaban J connectivity index is 1.69. The number of benzene rings is 1. The summed E-state index contributed by atoms with van der Waals surface area (Å²) in [4.78, 5) is 8.30. The molecule has 1 heterocycles. The molecular formula is C17H20N2O2S. The van der Waals surface area contributed by atoms with E-state index in [2.05, 4.69) is 23.8 Å². The van der Waals surface area contributed by atoms with Crippen LogP contribution in [0.3, 0.4) is 0 Å². The molecule has 5 heteroatoms. The molecule has 0 fully saturated rings. The standard InChI is InChI=1S/C17H20N2O2S/c1-14(2)8-11-20-15-4-6-16(7-5-15)21-12-13-22-17-18-9-3-10-19-17/h3-10H,11-13H2,1-2H3. The van der Waals surface area contributed by atoms with E-state index < -0.39 is 0 Å². The minimum absolute atomic E-state index is 0.594. The van der Waals surface area contributed by atoms with Crippen molar-refractivity contribution in [3.8, 4) is 11.5 Å². The summed E-state index contributed by atoms with van der Waals surface area (Å²) in [5, 5.41) is 0.772. The molecule has 0 atom stereocenters. The number of hydrogen-bond acceptors (Lipinski definition) is 5. The SMILES string of the molecule is CC(C)=CCOc1ccc(OCCSc2ncccn2)cc1. The van der Waals surface area contributed by atoms with Crippen LogP contribution in [0.5, 0.6) is 11.5 Å². The van der Waals surface area contributed by atoms with Gasteiger partial charge in [-0.25, -0.2) is 9.97 Å². The third-order valence-corrected chi connectivity index (χ3v) is 3.53. The Hall–Kier alpha value is -2.01. The van der Waals surface area contributed by atoms with Crippen molar-refractivity contribution in [3.05, 3.63) is 54.4 Å². The van der Waals surface area contributed by atoms with Gasteiger partial charge in [0.15, 0.2) is 5.16 Å². The molecular weight excluding hydrogens is 296 g/mol. The summed E-state index contributed by atoms with van der Waals surface area (Å²) in [6, 6.07) is 9.48. The van der Waals surface area contributed by atoms with Crippen molar-refractivity contribution in [1.82, 2.24) is 9.97 Å². The molecule has 22 heavy (non-hydrogen) atoms. The molecule has 0 bridgehead atoms. The van der Waals surface area contributed by atoms with Gasteiger partial charge < -0.3 is 9.47 Å². The molecule has 0 saturated heterocycles. The zero-order chi connectivity index (χ0) is 15.6. The fraction of sp³-hybridized carbons (Fsp3) is 0.294. The maximum atomic E-state index is 5.68. The molecule has 4 nitrogen and oxygen atoms in total. The van der Waals surface area contributed by atoms with Gasteiger partial charge in [0.05, 0.1) is 6.61 Å². The van der Waals surface area contributed by atoms with E-state index in [9.17, 15) is 0 Å². The van der Waals surface area contributed by atoms with Crippen LogP contribution >= 0.6 is 11.8 Å². The van der Waals surface area contributed by atoms with Crippen molar-refractivity contribution in [2.75, 3.05) is 19.0 Å². The van der Waals surface area contributed by atoms with Gasteiger partial charge >= 0.3 is 0 Å². The second kappa shape index (κ2) is 9.10. The van der Waals surface area contributed by atoms with Gasteiger partial charge in [0.2, 0.25) is 0 Å². The van der Waals surface area contributed by atoms with E-state index >= 15 is 0 Å². The van der Waals surface area contributed by atoms with Crippen molar-refractivity contribution in [2.45, 2.75) is 19.0 Å². The Morgan fingerprint density at radius 3 is 2.32 bits per heavy atom. The van der Waals surface area contributed by atoms with Gasteiger partial charge in [0.25, 0.3) is 0 Å². The average Bonchev–Trinajstić information content (AvgIpc) is 2.54. The summed E-state index contributed by atoms with van der Waals surface area (Å²) in [6.07, 6.45) is 5.53. The molecule has 1 aromatic carbocycles. The molecule has 0 aliphatic rings. The third kappa shape index (κ3) is 6.18. The van der Waals surface area contributed by atoms with Gasteiger partial charge in [-0.1, -0.05) is 17.3 Å². The molecule has 0 aliphatic heterocycles. The quantitative estimate of drug-likeness (QED) is 0.319. The van der Waals surface area contributed by atoms with Gasteiger partial charge in [-0.15, -0.1) is 0 Å². The van der Waals surface area contributed by atoms with E-state index in [1.165, 1.54) is 5.57 Å². The minimum atomic E-state index is 0.594. The normalized spacial score (nSPS) is 10.1. The Morgan fingerprint density at radius 2 is 1.68 bits per heavy atom. The average molecular weight is 316 g/mol. The summed E-state index contributed by atoms with van der Waals surface area (Å²) in [5.41, 5.74) is 1.25. The first-order chi connectivity index (χ1) is 10.7. The minimum Gasteiger partial charge on any atom is -0.493 e. The fourth-order valence-corrected chi connectivity index (χ4v) is 2.21. The molecule has 0 N–H and O–H groups in total. The molecule has 1 aromatic heterocycles. The first kappa shape index (κ1) is 16.4. The lowest BCUT2D eigenvalue weighted by Crippen LogP contribution is -2.01. The zero-order valence-electron chi connectivity index (χ0n) is 12.9. The third-order valence-electron chi connectivity index (χ3n) is 2.69. The van der Waals surface area contributed by atoms with Crippen LogP contribution in [0.2, 0.25) is 0 Å². The second-order valence-electron chi connectivity index (χ2n) is 4.79. The van der Waals surface area contributed by atoms with Crippen LogP contribution in [0.15, 0.2) is 59.5 Å².